The Morgan fingerprint density at radius 3 is 2.76 bits per heavy atom. The molecule has 3 heterocycles. The van der Waals surface area contributed by atoms with E-state index in [0.29, 0.717) is 6.04 Å². The van der Waals surface area contributed by atoms with E-state index < -0.39 is 0 Å². The number of aromatic nitrogens is 3. The molecule has 4 heteroatoms. The highest BCUT2D eigenvalue weighted by molar-refractivity contribution is 5.60. The van der Waals surface area contributed by atoms with Crippen molar-refractivity contribution >= 4 is 5.82 Å². The Bertz CT molecular complexity index is 668. The minimum Gasteiger partial charge on any atom is -0.353 e. The first kappa shape index (κ1) is 12.7. The Morgan fingerprint density at radius 2 is 2.10 bits per heavy atom. The van der Waals surface area contributed by atoms with Gasteiger partial charge in [-0.2, -0.15) is 0 Å². The van der Waals surface area contributed by atoms with E-state index in [2.05, 4.69) is 28.7 Å². The standard InChI is InChI=1S/C17H20N4/c1-11-12(2)19-16(14-4-3-7-18-9-14)20-17(11)21-10-13-5-6-15(21)8-13/h3-4,7,9,13,15H,5-6,8,10H2,1-2H3/t13-,15-/m0/s1. The van der Waals surface area contributed by atoms with Crippen LogP contribution in [0.5, 0.6) is 0 Å². The fourth-order valence-corrected chi connectivity index (χ4v) is 3.70. The first-order valence-electron chi connectivity index (χ1n) is 7.74. The fourth-order valence-electron chi connectivity index (χ4n) is 3.70. The second kappa shape index (κ2) is 4.79. The molecule has 2 atom stereocenters. The molecule has 1 saturated carbocycles. The molecule has 4 nitrogen and oxygen atoms in total. The van der Waals surface area contributed by atoms with Crippen molar-refractivity contribution in [2.75, 3.05) is 11.4 Å². The van der Waals surface area contributed by atoms with Crippen LogP contribution in [0.15, 0.2) is 24.5 Å². The summed E-state index contributed by atoms with van der Waals surface area (Å²) in [6.07, 6.45) is 7.66. The van der Waals surface area contributed by atoms with Crippen molar-refractivity contribution in [1.29, 1.82) is 0 Å². The molecule has 108 valence electrons. The number of piperidine rings is 1. The van der Waals surface area contributed by atoms with Gasteiger partial charge >= 0.3 is 0 Å². The van der Waals surface area contributed by atoms with Crippen LogP contribution in [0, 0.1) is 19.8 Å². The SMILES string of the molecule is Cc1nc(-c2cccnc2)nc(N2C[C@H]3CC[C@H]2C3)c1C. The summed E-state index contributed by atoms with van der Waals surface area (Å²) in [4.78, 5) is 16.2. The minimum absolute atomic E-state index is 0.685. The van der Waals surface area contributed by atoms with E-state index in [9.17, 15) is 0 Å². The maximum Gasteiger partial charge on any atom is 0.163 e. The molecule has 4 rings (SSSR count). The summed E-state index contributed by atoms with van der Waals surface area (Å²) in [5.74, 6) is 2.80. The van der Waals surface area contributed by atoms with Crippen LogP contribution in [0.4, 0.5) is 5.82 Å². The predicted molar refractivity (Wildman–Crippen MR) is 83.2 cm³/mol. The number of pyridine rings is 1. The summed E-state index contributed by atoms with van der Waals surface area (Å²) >= 11 is 0. The highest BCUT2D eigenvalue weighted by Crippen LogP contribution is 2.41. The van der Waals surface area contributed by atoms with Crippen molar-refractivity contribution in [1.82, 2.24) is 15.0 Å². The van der Waals surface area contributed by atoms with Crippen LogP contribution < -0.4 is 4.90 Å². The van der Waals surface area contributed by atoms with Crippen molar-refractivity contribution in [3.63, 3.8) is 0 Å². The molecule has 0 N–H and O–H groups in total. The largest absolute Gasteiger partial charge is 0.353 e. The molecule has 1 aliphatic carbocycles. The van der Waals surface area contributed by atoms with Gasteiger partial charge in [-0.25, -0.2) is 9.97 Å². The van der Waals surface area contributed by atoms with Gasteiger partial charge in [-0.15, -0.1) is 0 Å². The van der Waals surface area contributed by atoms with Crippen LogP contribution in [-0.4, -0.2) is 27.5 Å². The Kier molecular flexibility index (Phi) is 2.91. The van der Waals surface area contributed by atoms with Crippen LogP contribution in [-0.2, 0) is 0 Å². The summed E-state index contributed by atoms with van der Waals surface area (Å²) in [6, 6.07) is 4.65. The lowest BCUT2D eigenvalue weighted by Gasteiger charge is -2.30. The second-order valence-corrected chi connectivity index (χ2v) is 6.31. The Morgan fingerprint density at radius 1 is 1.19 bits per heavy atom. The molecule has 2 bridgehead atoms. The van der Waals surface area contributed by atoms with Crippen LogP contribution >= 0.6 is 0 Å². The number of aryl methyl sites for hydroxylation is 1. The molecule has 2 fully saturated rings. The van der Waals surface area contributed by atoms with E-state index >= 15 is 0 Å². The van der Waals surface area contributed by atoms with Gasteiger partial charge in [0.1, 0.15) is 5.82 Å². The van der Waals surface area contributed by atoms with Gasteiger partial charge in [0.05, 0.1) is 0 Å². The van der Waals surface area contributed by atoms with Gasteiger partial charge in [-0.1, -0.05) is 0 Å². The lowest BCUT2D eigenvalue weighted by atomic mass is 10.1. The zero-order valence-corrected chi connectivity index (χ0v) is 12.6. The average molecular weight is 280 g/mol. The van der Waals surface area contributed by atoms with Gasteiger partial charge in [0.2, 0.25) is 0 Å². The fraction of sp³-hybridized carbons (Fsp3) is 0.471. The second-order valence-electron chi connectivity index (χ2n) is 6.31. The molecule has 1 saturated heterocycles. The molecule has 0 spiro atoms. The summed E-state index contributed by atoms with van der Waals surface area (Å²) in [6.45, 7) is 5.38. The number of fused-ring (bicyclic) bond motifs is 2. The van der Waals surface area contributed by atoms with Crippen LogP contribution in [0.1, 0.15) is 30.5 Å². The van der Waals surface area contributed by atoms with E-state index in [4.69, 9.17) is 4.98 Å². The molecule has 2 aromatic rings. The van der Waals surface area contributed by atoms with Crippen molar-refractivity contribution in [3.8, 4) is 11.4 Å². The normalized spacial score (nSPS) is 23.8. The number of anilines is 1. The van der Waals surface area contributed by atoms with E-state index in [1.807, 2.05) is 18.3 Å². The molecule has 0 amide bonds. The highest BCUT2D eigenvalue weighted by atomic mass is 15.3. The average Bonchev–Trinajstić information content (AvgIpc) is 3.13. The van der Waals surface area contributed by atoms with E-state index in [0.717, 1.165) is 35.4 Å². The summed E-state index contributed by atoms with van der Waals surface area (Å²) in [5, 5.41) is 0. The monoisotopic (exact) mass is 280 g/mol. The highest BCUT2D eigenvalue weighted by Gasteiger charge is 2.39. The van der Waals surface area contributed by atoms with Crippen molar-refractivity contribution in [3.05, 3.63) is 35.8 Å². The lowest BCUT2D eigenvalue weighted by Crippen LogP contribution is -2.33. The lowest BCUT2D eigenvalue weighted by molar-refractivity contribution is 0.549. The quantitative estimate of drug-likeness (QED) is 0.847. The maximum absolute atomic E-state index is 4.88. The topological polar surface area (TPSA) is 41.9 Å². The summed E-state index contributed by atoms with van der Waals surface area (Å²) in [7, 11) is 0. The van der Waals surface area contributed by atoms with E-state index in [1.54, 1.807) is 6.20 Å². The summed E-state index contributed by atoms with van der Waals surface area (Å²) < 4.78 is 0. The van der Waals surface area contributed by atoms with Crippen LogP contribution in [0.3, 0.4) is 0 Å². The molecule has 0 radical (unpaired) electrons. The number of hydrogen-bond acceptors (Lipinski definition) is 4. The molecule has 0 aromatic carbocycles. The molecule has 21 heavy (non-hydrogen) atoms. The third kappa shape index (κ3) is 2.09. The third-order valence-electron chi connectivity index (χ3n) is 4.96. The van der Waals surface area contributed by atoms with Crippen molar-refractivity contribution < 1.29 is 0 Å². The molecule has 2 aromatic heterocycles. The molecule has 2 aliphatic rings. The van der Waals surface area contributed by atoms with Gasteiger partial charge in [-0.3, -0.25) is 4.98 Å². The van der Waals surface area contributed by atoms with Gasteiger partial charge in [-0.05, 0) is 51.2 Å². The maximum atomic E-state index is 4.88. The molecular weight excluding hydrogens is 260 g/mol. The number of rotatable bonds is 2. The van der Waals surface area contributed by atoms with Gasteiger partial charge < -0.3 is 4.90 Å². The Balaban J connectivity index is 1.78. The Labute approximate surface area is 125 Å². The van der Waals surface area contributed by atoms with Crippen molar-refractivity contribution in [2.45, 2.75) is 39.2 Å². The smallest absolute Gasteiger partial charge is 0.163 e. The molecule has 1 aliphatic heterocycles. The van der Waals surface area contributed by atoms with Gasteiger partial charge in [0.15, 0.2) is 5.82 Å². The summed E-state index contributed by atoms with van der Waals surface area (Å²) in [5.41, 5.74) is 3.28. The third-order valence-corrected chi connectivity index (χ3v) is 4.96. The minimum atomic E-state index is 0.685. The van der Waals surface area contributed by atoms with Gasteiger partial charge in [0, 0.05) is 41.8 Å². The number of hydrogen-bond donors (Lipinski definition) is 0. The van der Waals surface area contributed by atoms with E-state index in [-0.39, 0.29) is 0 Å². The zero-order chi connectivity index (χ0) is 14.4. The van der Waals surface area contributed by atoms with Crippen LogP contribution in [0.2, 0.25) is 0 Å². The first-order chi connectivity index (χ1) is 10.2. The molecule has 0 unspecified atom stereocenters. The predicted octanol–water partition coefficient (Wildman–Crippen LogP) is 3.14. The first-order valence-corrected chi connectivity index (χ1v) is 7.74. The van der Waals surface area contributed by atoms with Crippen LogP contribution in [0.25, 0.3) is 11.4 Å². The number of nitrogens with zero attached hydrogens (tertiary/aromatic N) is 4. The van der Waals surface area contributed by atoms with E-state index in [1.165, 1.54) is 24.8 Å². The van der Waals surface area contributed by atoms with Gasteiger partial charge in [0.25, 0.3) is 0 Å². The zero-order valence-electron chi connectivity index (χ0n) is 12.6. The molecular formula is C17H20N4. The Hall–Kier alpha value is -1.97. The van der Waals surface area contributed by atoms with Crippen molar-refractivity contribution in [2.24, 2.45) is 5.92 Å².